The Kier molecular flexibility index (Phi) is 2.48. The fraction of sp³-hybridized carbons (Fsp3) is 0.167. The van der Waals surface area contributed by atoms with Crippen LogP contribution in [-0.4, -0.2) is 20.9 Å². The maximum absolute atomic E-state index is 11.0. The number of aromatic carboxylic acids is 1. The molecule has 2 rings (SSSR count). The molecule has 0 radical (unpaired) electrons. The lowest BCUT2D eigenvalue weighted by Crippen LogP contribution is -2.07. The molecule has 0 amide bonds. The zero-order valence-corrected chi connectivity index (χ0v) is 9.14. The summed E-state index contributed by atoms with van der Waals surface area (Å²) < 4.78 is 1.45. The van der Waals surface area contributed by atoms with Gasteiger partial charge >= 0.3 is 5.97 Å². The molecule has 0 atom stereocenters. The highest BCUT2D eigenvalue weighted by Gasteiger charge is 2.13. The Bertz CT molecular complexity index is 544. The van der Waals surface area contributed by atoms with Gasteiger partial charge in [0.1, 0.15) is 0 Å². The van der Waals surface area contributed by atoms with Crippen LogP contribution in [0.25, 0.3) is 5.69 Å². The molecular weight excluding hydrogens is 204 g/mol. The number of hydrogen-bond donors (Lipinski definition) is 1. The third-order valence-corrected chi connectivity index (χ3v) is 2.30. The SMILES string of the molecule is Cc1cccc(-n2nc(C)cc2C(=O)O)c1. The van der Waals surface area contributed by atoms with Crippen molar-refractivity contribution in [3.63, 3.8) is 0 Å². The molecule has 4 heteroatoms. The van der Waals surface area contributed by atoms with Crippen LogP contribution in [0, 0.1) is 13.8 Å². The van der Waals surface area contributed by atoms with Crippen molar-refractivity contribution < 1.29 is 9.90 Å². The van der Waals surface area contributed by atoms with Crippen LogP contribution >= 0.6 is 0 Å². The summed E-state index contributed by atoms with van der Waals surface area (Å²) in [5.41, 5.74) is 2.72. The van der Waals surface area contributed by atoms with Gasteiger partial charge < -0.3 is 5.11 Å². The molecule has 0 bridgehead atoms. The van der Waals surface area contributed by atoms with E-state index in [-0.39, 0.29) is 5.69 Å². The lowest BCUT2D eigenvalue weighted by Gasteiger charge is -2.04. The van der Waals surface area contributed by atoms with Gasteiger partial charge in [-0.05, 0) is 37.6 Å². The maximum atomic E-state index is 11.0. The quantitative estimate of drug-likeness (QED) is 0.837. The predicted octanol–water partition coefficient (Wildman–Crippen LogP) is 2.19. The molecule has 16 heavy (non-hydrogen) atoms. The second-order valence-electron chi connectivity index (χ2n) is 3.73. The first-order valence-electron chi connectivity index (χ1n) is 4.95. The molecule has 0 aliphatic rings. The van der Waals surface area contributed by atoms with Gasteiger partial charge in [-0.2, -0.15) is 5.10 Å². The van der Waals surface area contributed by atoms with Crippen LogP contribution in [0.3, 0.4) is 0 Å². The number of aromatic nitrogens is 2. The Labute approximate surface area is 93.1 Å². The van der Waals surface area contributed by atoms with Gasteiger partial charge in [-0.15, -0.1) is 0 Å². The Morgan fingerprint density at radius 2 is 2.06 bits per heavy atom. The molecule has 1 heterocycles. The number of hydrogen-bond acceptors (Lipinski definition) is 2. The average Bonchev–Trinajstić information content (AvgIpc) is 2.60. The Morgan fingerprint density at radius 3 is 2.69 bits per heavy atom. The molecule has 0 aliphatic heterocycles. The van der Waals surface area contributed by atoms with E-state index in [0.29, 0.717) is 5.69 Å². The summed E-state index contributed by atoms with van der Waals surface area (Å²) in [4.78, 5) is 11.0. The standard InChI is InChI=1S/C12H12N2O2/c1-8-4-3-5-10(6-8)14-11(12(15)16)7-9(2)13-14/h3-7H,1-2H3,(H,15,16). The molecule has 0 aliphatic carbocycles. The van der Waals surface area contributed by atoms with E-state index in [9.17, 15) is 4.79 Å². The van der Waals surface area contributed by atoms with Crippen molar-refractivity contribution in [1.82, 2.24) is 9.78 Å². The van der Waals surface area contributed by atoms with Crippen LogP contribution in [0.15, 0.2) is 30.3 Å². The van der Waals surface area contributed by atoms with Crippen molar-refractivity contribution in [2.24, 2.45) is 0 Å². The minimum Gasteiger partial charge on any atom is -0.477 e. The van der Waals surface area contributed by atoms with Gasteiger partial charge in [-0.1, -0.05) is 12.1 Å². The molecule has 0 saturated carbocycles. The molecule has 4 nitrogen and oxygen atoms in total. The van der Waals surface area contributed by atoms with E-state index in [1.807, 2.05) is 31.2 Å². The Morgan fingerprint density at radius 1 is 1.31 bits per heavy atom. The summed E-state index contributed by atoms with van der Waals surface area (Å²) in [6, 6.07) is 9.14. The van der Waals surface area contributed by atoms with Crippen LogP contribution in [0.4, 0.5) is 0 Å². The smallest absolute Gasteiger partial charge is 0.354 e. The minimum atomic E-state index is -0.970. The fourth-order valence-electron chi connectivity index (χ4n) is 1.61. The van der Waals surface area contributed by atoms with Gasteiger partial charge in [0.25, 0.3) is 0 Å². The summed E-state index contributed by atoms with van der Waals surface area (Å²) in [6.45, 7) is 3.74. The second kappa shape index (κ2) is 3.81. The van der Waals surface area contributed by atoms with Crippen molar-refractivity contribution in [2.45, 2.75) is 13.8 Å². The third kappa shape index (κ3) is 1.82. The molecule has 0 fully saturated rings. The van der Waals surface area contributed by atoms with Crippen LogP contribution in [0.5, 0.6) is 0 Å². The first-order valence-corrected chi connectivity index (χ1v) is 4.95. The second-order valence-corrected chi connectivity index (χ2v) is 3.73. The molecule has 0 spiro atoms. The Balaban J connectivity index is 2.59. The van der Waals surface area contributed by atoms with Crippen LogP contribution < -0.4 is 0 Å². The van der Waals surface area contributed by atoms with Crippen LogP contribution in [0.1, 0.15) is 21.7 Å². The maximum Gasteiger partial charge on any atom is 0.354 e. The highest BCUT2D eigenvalue weighted by atomic mass is 16.4. The Hall–Kier alpha value is -2.10. The van der Waals surface area contributed by atoms with Crippen molar-refractivity contribution in [3.8, 4) is 5.69 Å². The number of carboxylic acids is 1. The molecule has 1 aromatic carbocycles. The summed E-state index contributed by atoms with van der Waals surface area (Å²) in [7, 11) is 0. The lowest BCUT2D eigenvalue weighted by molar-refractivity contribution is 0.0687. The molecule has 0 unspecified atom stereocenters. The first-order chi connectivity index (χ1) is 7.58. The normalized spacial score (nSPS) is 10.4. The highest BCUT2D eigenvalue weighted by molar-refractivity contribution is 5.86. The number of aryl methyl sites for hydroxylation is 2. The van der Waals surface area contributed by atoms with Gasteiger partial charge in [0.05, 0.1) is 11.4 Å². The van der Waals surface area contributed by atoms with Gasteiger partial charge in [0, 0.05) is 0 Å². The molecule has 2 aromatic rings. The van der Waals surface area contributed by atoms with Gasteiger partial charge in [-0.3, -0.25) is 0 Å². The summed E-state index contributed by atoms with van der Waals surface area (Å²) in [5, 5.41) is 13.2. The van der Waals surface area contributed by atoms with Crippen molar-refractivity contribution in [3.05, 3.63) is 47.3 Å². The molecule has 1 N–H and O–H groups in total. The first kappa shape index (κ1) is 10.4. The van der Waals surface area contributed by atoms with Gasteiger partial charge in [0.2, 0.25) is 0 Å². The van der Waals surface area contributed by atoms with E-state index in [1.54, 1.807) is 13.0 Å². The molecule has 1 aromatic heterocycles. The highest BCUT2D eigenvalue weighted by Crippen LogP contribution is 2.13. The number of carbonyl (C=O) groups is 1. The van der Waals surface area contributed by atoms with Crippen LogP contribution in [0.2, 0.25) is 0 Å². The van der Waals surface area contributed by atoms with Crippen molar-refractivity contribution in [1.29, 1.82) is 0 Å². The zero-order valence-electron chi connectivity index (χ0n) is 9.14. The van der Waals surface area contributed by atoms with Crippen LogP contribution in [-0.2, 0) is 0 Å². The summed E-state index contributed by atoms with van der Waals surface area (Å²) in [5.74, 6) is -0.970. The largest absolute Gasteiger partial charge is 0.477 e. The molecular formula is C12H12N2O2. The van der Waals surface area contributed by atoms with E-state index in [0.717, 1.165) is 11.3 Å². The van der Waals surface area contributed by atoms with E-state index < -0.39 is 5.97 Å². The summed E-state index contributed by atoms with van der Waals surface area (Å²) >= 11 is 0. The third-order valence-electron chi connectivity index (χ3n) is 2.30. The van der Waals surface area contributed by atoms with Gasteiger partial charge in [0.15, 0.2) is 5.69 Å². The molecule has 82 valence electrons. The van der Waals surface area contributed by atoms with E-state index in [2.05, 4.69) is 5.10 Å². The van der Waals surface area contributed by atoms with Gasteiger partial charge in [-0.25, -0.2) is 9.48 Å². The minimum absolute atomic E-state index is 0.183. The number of benzene rings is 1. The van der Waals surface area contributed by atoms with Crippen molar-refractivity contribution >= 4 is 5.97 Å². The average molecular weight is 216 g/mol. The number of nitrogens with zero attached hydrogens (tertiary/aromatic N) is 2. The van der Waals surface area contributed by atoms with Crippen molar-refractivity contribution in [2.75, 3.05) is 0 Å². The number of carboxylic acid groups (broad SMARTS) is 1. The monoisotopic (exact) mass is 216 g/mol. The molecule has 0 saturated heterocycles. The van der Waals surface area contributed by atoms with E-state index in [4.69, 9.17) is 5.11 Å². The van der Waals surface area contributed by atoms with E-state index >= 15 is 0 Å². The van der Waals surface area contributed by atoms with E-state index in [1.165, 1.54) is 4.68 Å². The zero-order chi connectivity index (χ0) is 11.7. The topological polar surface area (TPSA) is 55.1 Å². The predicted molar refractivity (Wildman–Crippen MR) is 60.0 cm³/mol. The number of rotatable bonds is 2. The lowest BCUT2D eigenvalue weighted by atomic mass is 10.2. The fourth-order valence-corrected chi connectivity index (χ4v) is 1.61. The summed E-state index contributed by atoms with van der Waals surface area (Å²) in [6.07, 6.45) is 0.